The van der Waals surface area contributed by atoms with Gasteiger partial charge in [-0.2, -0.15) is 4.98 Å². The fourth-order valence-corrected chi connectivity index (χ4v) is 4.45. The second-order valence-corrected chi connectivity index (χ2v) is 9.30. The first-order chi connectivity index (χ1) is 16.1. The molecule has 0 atom stereocenters. The van der Waals surface area contributed by atoms with Gasteiger partial charge < -0.3 is 19.3 Å². The molecule has 1 N–H and O–H groups in total. The monoisotopic (exact) mass is 444 g/mol. The molecule has 1 saturated heterocycles. The molecule has 0 radical (unpaired) electrons. The number of fused-ring (bicyclic) bond motifs is 1. The first-order valence-corrected chi connectivity index (χ1v) is 11.9. The van der Waals surface area contributed by atoms with Crippen LogP contribution in [-0.2, 0) is 13.5 Å². The van der Waals surface area contributed by atoms with Crippen LogP contribution < -0.4 is 5.32 Å². The molecule has 0 unspecified atom stereocenters. The molecule has 5 rings (SSSR count). The van der Waals surface area contributed by atoms with Gasteiger partial charge in [0.2, 0.25) is 5.95 Å². The maximum absolute atomic E-state index is 5.40. The molecule has 4 aromatic rings. The topological polar surface area (TPSA) is 72.0 Å². The lowest BCUT2D eigenvalue weighted by Gasteiger charge is -2.32. The van der Waals surface area contributed by atoms with Crippen LogP contribution in [0.5, 0.6) is 0 Å². The van der Waals surface area contributed by atoms with E-state index in [2.05, 4.69) is 88.3 Å². The van der Waals surface area contributed by atoms with Crippen LogP contribution >= 0.6 is 0 Å². The third-order valence-electron chi connectivity index (χ3n) is 6.58. The number of aryl methyl sites for hydroxylation is 1. The van der Waals surface area contributed by atoms with Crippen LogP contribution in [0.15, 0.2) is 53.1 Å². The molecule has 172 valence electrons. The molecule has 1 fully saturated rings. The number of anilines is 1. The van der Waals surface area contributed by atoms with Crippen molar-refractivity contribution < 1.29 is 4.52 Å². The van der Waals surface area contributed by atoms with Crippen LogP contribution in [0.3, 0.4) is 0 Å². The molecule has 0 amide bonds. The van der Waals surface area contributed by atoms with Gasteiger partial charge in [0.05, 0.1) is 11.0 Å². The quantitative estimate of drug-likeness (QED) is 0.439. The summed E-state index contributed by atoms with van der Waals surface area (Å²) in [6.07, 6.45) is 3.32. The summed E-state index contributed by atoms with van der Waals surface area (Å²) in [5.74, 6) is 2.59. The number of likely N-dealkylation sites (tertiary alicyclic amines) is 1. The zero-order valence-electron chi connectivity index (χ0n) is 19.7. The average Bonchev–Trinajstić information content (AvgIpc) is 3.45. The van der Waals surface area contributed by atoms with E-state index >= 15 is 0 Å². The number of piperidine rings is 1. The largest absolute Gasteiger partial charge is 0.353 e. The molecule has 7 heteroatoms. The summed E-state index contributed by atoms with van der Waals surface area (Å²) < 4.78 is 7.56. The van der Waals surface area contributed by atoms with Gasteiger partial charge in [0, 0.05) is 44.2 Å². The number of imidazole rings is 1. The van der Waals surface area contributed by atoms with E-state index in [0.29, 0.717) is 11.9 Å². The Labute approximate surface area is 194 Å². The summed E-state index contributed by atoms with van der Waals surface area (Å²) in [6, 6.07) is 17.3. The minimum absolute atomic E-state index is 0.268. The van der Waals surface area contributed by atoms with E-state index in [1.165, 1.54) is 11.1 Å². The van der Waals surface area contributed by atoms with Gasteiger partial charge in [-0.3, -0.25) is 0 Å². The van der Waals surface area contributed by atoms with Gasteiger partial charge in [-0.15, -0.1) is 0 Å². The first kappa shape index (κ1) is 21.6. The molecule has 0 saturated carbocycles. The predicted octanol–water partition coefficient (Wildman–Crippen LogP) is 4.87. The Kier molecular flexibility index (Phi) is 6.13. The Morgan fingerprint density at radius 1 is 1.03 bits per heavy atom. The van der Waals surface area contributed by atoms with Crippen LogP contribution in [0.25, 0.3) is 22.5 Å². The van der Waals surface area contributed by atoms with Gasteiger partial charge in [-0.1, -0.05) is 43.3 Å². The number of rotatable bonds is 7. The van der Waals surface area contributed by atoms with E-state index in [9.17, 15) is 0 Å². The zero-order valence-corrected chi connectivity index (χ0v) is 19.7. The second-order valence-electron chi connectivity index (χ2n) is 9.30. The molecular weight excluding hydrogens is 412 g/mol. The SMILES string of the molecule is CC(C)c1noc(-c2ccc(CCN3CCC(Nc4nc5ccccc5n4C)CC3)cc2)n1. The highest BCUT2D eigenvalue weighted by Crippen LogP contribution is 2.22. The fraction of sp³-hybridized carbons (Fsp3) is 0.423. The highest BCUT2D eigenvalue weighted by molar-refractivity contribution is 5.78. The Morgan fingerprint density at radius 3 is 2.48 bits per heavy atom. The van der Waals surface area contributed by atoms with E-state index in [0.717, 1.165) is 61.7 Å². The average molecular weight is 445 g/mol. The first-order valence-electron chi connectivity index (χ1n) is 11.9. The summed E-state index contributed by atoms with van der Waals surface area (Å²) in [6.45, 7) is 7.43. The second kappa shape index (κ2) is 9.35. The number of aromatic nitrogens is 4. The Bertz CT molecular complexity index is 1200. The van der Waals surface area contributed by atoms with Crippen molar-refractivity contribution in [1.82, 2.24) is 24.6 Å². The number of hydrogen-bond acceptors (Lipinski definition) is 6. The molecule has 7 nitrogen and oxygen atoms in total. The summed E-state index contributed by atoms with van der Waals surface area (Å²) in [5, 5.41) is 7.73. The van der Waals surface area contributed by atoms with Crippen LogP contribution in [-0.4, -0.2) is 50.3 Å². The van der Waals surface area contributed by atoms with Gasteiger partial charge in [-0.05, 0) is 49.1 Å². The van der Waals surface area contributed by atoms with Gasteiger partial charge in [-0.25, -0.2) is 4.98 Å². The number of nitrogens with zero attached hydrogens (tertiary/aromatic N) is 5. The van der Waals surface area contributed by atoms with E-state index in [-0.39, 0.29) is 5.92 Å². The number of para-hydroxylation sites is 2. The van der Waals surface area contributed by atoms with Gasteiger partial charge >= 0.3 is 0 Å². The molecule has 0 aliphatic carbocycles. The standard InChI is InChI=1S/C26H32N6O/c1-18(2)24-29-25(33-30-24)20-10-8-19(9-11-20)12-15-32-16-13-21(14-17-32)27-26-28-22-6-4-5-7-23(22)31(26)3/h4-11,18,21H,12-17H2,1-3H3,(H,27,28). The van der Waals surface area contributed by atoms with Crippen LogP contribution in [0, 0.1) is 0 Å². The van der Waals surface area contributed by atoms with Crippen molar-refractivity contribution in [3.8, 4) is 11.5 Å². The third-order valence-corrected chi connectivity index (χ3v) is 6.58. The van der Waals surface area contributed by atoms with Crippen molar-refractivity contribution in [2.45, 2.75) is 45.1 Å². The molecule has 0 bridgehead atoms. The molecule has 2 aromatic carbocycles. The highest BCUT2D eigenvalue weighted by Gasteiger charge is 2.20. The fourth-order valence-electron chi connectivity index (χ4n) is 4.45. The Balaban J connectivity index is 1.10. The molecule has 3 heterocycles. The third kappa shape index (κ3) is 4.78. The maximum atomic E-state index is 5.40. The van der Waals surface area contributed by atoms with Gasteiger partial charge in [0.1, 0.15) is 0 Å². The Morgan fingerprint density at radius 2 is 1.79 bits per heavy atom. The Hall–Kier alpha value is -3.19. The lowest BCUT2D eigenvalue weighted by Crippen LogP contribution is -2.40. The van der Waals surface area contributed by atoms with E-state index in [4.69, 9.17) is 9.51 Å². The summed E-state index contributed by atoms with van der Waals surface area (Å²) >= 11 is 0. The highest BCUT2D eigenvalue weighted by atomic mass is 16.5. The minimum Gasteiger partial charge on any atom is -0.353 e. The molecule has 33 heavy (non-hydrogen) atoms. The van der Waals surface area contributed by atoms with Crippen molar-refractivity contribution in [3.63, 3.8) is 0 Å². The van der Waals surface area contributed by atoms with Crippen molar-refractivity contribution in [2.24, 2.45) is 7.05 Å². The van der Waals surface area contributed by atoms with Crippen molar-refractivity contribution in [3.05, 3.63) is 59.9 Å². The van der Waals surface area contributed by atoms with E-state index in [1.807, 2.05) is 6.07 Å². The smallest absolute Gasteiger partial charge is 0.257 e. The van der Waals surface area contributed by atoms with Crippen LogP contribution in [0.1, 0.15) is 44.0 Å². The van der Waals surface area contributed by atoms with Crippen LogP contribution in [0.2, 0.25) is 0 Å². The minimum atomic E-state index is 0.268. The normalized spacial score (nSPS) is 15.5. The predicted molar refractivity (Wildman–Crippen MR) is 131 cm³/mol. The molecule has 1 aliphatic heterocycles. The van der Waals surface area contributed by atoms with Gasteiger partial charge in [0.15, 0.2) is 5.82 Å². The lowest BCUT2D eigenvalue weighted by molar-refractivity contribution is 0.221. The summed E-state index contributed by atoms with van der Waals surface area (Å²) in [4.78, 5) is 11.8. The summed E-state index contributed by atoms with van der Waals surface area (Å²) in [5.41, 5.74) is 4.53. The number of nitrogens with one attached hydrogen (secondary N) is 1. The maximum Gasteiger partial charge on any atom is 0.257 e. The number of benzene rings is 2. The lowest BCUT2D eigenvalue weighted by atomic mass is 10.0. The molecular formula is C26H32N6O. The molecule has 1 aliphatic rings. The molecule has 2 aromatic heterocycles. The van der Waals surface area contributed by atoms with Gasteiger partial charge in [0.25, 0.3) is 5.89 Å². The van der Waals surface area contributed by atoms with Crippen LogP contribution in [0.4, 0.5) is 5.95 Å². The van der Waals surface area contributed by atoms with E-state index in [1.54, 1.807) is 0 Å². The van der Waals surface area contributed by atoms with Crippen molar-refractivity contribution in [1.29, 1.82) is 0 Å². The van der Waals surface area contributed by atoms with Crippen molar-refractivity contribution >= 4 is 17.0 Å². The van der Waals surface area contributed by atoms with E-state index < -0.39 is 0 Å². The number of hydrogen-bond donors (Lipinski definition) is 1. The zero-order chi connectivity index (χ0) is 22.8. The van der Waals surface area contributed by atoms with Crippen molar-refractivity contribution in [2.75, 3.05) is 25.0 Å². The summed E-state index contributed by atoms with van der Waals surface area (Å²) in [7, 11) is 2.08. The molecule has 0 spiro atoms.